The van der Waals surface area contributed by atoms with E-state index in [1.165, 1.54) is 39.5 Å². The summed E-state index contributed by atoms with van der Waals surface area (Å²) in [5, 5.41) is 29.6. The third-order valence-corrected chi connectivity index (χ3v) is 4.37. The Labute approximate surface area is 187 Å². The van der Waals surface area contributed by atoms with Gasteiger partial charge in [-0.1, -0.05) is 0 Å². The number of nitrogens with zero attached hydrogens (tertiary/aromatic N) is 5. The minimum absolute atomic E-state index is 0.00614. The smallest absolute Gasteiger partial charge is 0.332 e. The van der Waals surface area contributed by atoms with Crippen molar-refractivity contribution in [3.05, 3.63) is 74.0 Å². The van der Waals surface area contributed by atoms with E-state index in [-0.39, 0.29) is 34.6 Å². The highest BCUT2D eigenvalue weighted by atomic mass is 16.6. The molecule has 13 heteroatoms. The lowest BCUT2D eigenvalue weighted by Crippen LogP contribution is -2.07. The average Bonchev–Trinajstić information content (AvgIpc) is 2.79. The van der Waals surface area contributed by atoms with Crippen LogP contribution in [-0.2, 0) is 0 Å². The molecule has 0 fully saturated rings. The summed E-state index contributed by atoms with van der Waals surface area (Å²) in [6, 6.07) is 11.1. The SMILES string of the molecule is COc1ccc(Nc2nc(N/N=C\c3ccc(OC)c([N+](=O)[O-])c3)nc(C)c2[N+](=O)[O-])cc1. The van der Waals surface area contributed by atoms with E-state index in [9.17, 15) is 20.2 Å². The largest absolute Gasteiger partial charge is 0.497 e. The lowest BCUT2D eigenvalue weighted by atomic mass is 10.2. The number of aryl methyl sites for hydroxylation is 1. The second kappa shape index (κ2) is 10.00. The Balaban J connectivity index is 1.85. The quantitative estimate of drug-likeness (QED) is 0.276. The molecule has 0 radical (unpaired) electrons. The van der Waals surface area contributed by atoms with Gasteiger partial charge in [-0.25, -0.2) is 10.4 Å². The maximum absolute atomic E-state index is 11.5. The van der Waals surface area contributed by atoms with Gasteiger partial charge in [0.2, 0.25) is 11.8 Å². The van der Waals surface area contributed by atoms with Crippen LogP contribution in [0.4, 0.5) is 28.8 Å². The second-order valence-electron chi connectivity index (χ2n) is 6.50. The summed E-state index contributed by atoms with van der Waals surface area (Å²) in [7, 11) is 2.87. The Morgan fingerprint density at radius 3 is 2.33 bits per heavy atom. The number of methoxy groups -OCH3 is 2. The first-order valence-corrected chi connectivity index (χ1v) is 9.38. The van der Waals surface area contributed by atoms with Gasteiger partial charge in [0.1, 0.15) is 11.4 Å². The van der Waals surface area contributed by atoms with Crippen molar-refractivity contribution in [2.75, 3.05) is 25.0 Å². The highest BCUT2D eigenvalue weighted by Gasteiger charge is 2.22. The normalized spacial score (nSPS) is 10.6. The first-order chi connectivity index (χ1) is 15.8. The van der Waals surface area contributed by atoms with Crippen LogP contribution in [0.2, 0.25) is 0 Å². The van der Waals surface area contributed by atoms with E-state index in [0.717, 1.165) is 0 Å². The van der Waals surface area contributed by atoms with Crippen LogP contribution in [0.15, 0.2) is 47.6 Å². The Morgan fingerprint density at radius 2 is 1.73 bits per heavy atom. The van der Waals surface area contributed by atoms with Gasteiger partial charge in [-0.3, -0.25) is 20.2 Å². The van der Waals surface area contributed by atoms with Crippen molar-refractivity contribution >= 4 is 35.0 Å². The Kier molecular flexibility index (Phi) is 6.93. The molecular formula is C20H19N7O6. The number of anilines is 3. The third kappa shape index (κ3) is 5.46. The van der Waals surface area contributed by atoms with Crippen LogP contribution >= 0.6 is 0 Å². The van der Waals surface area contributed by atoms with Gasteiger partial charge in [0.15, 0.2) is 5.75 Å². The number of nitro groups is 2. The fourth-order valence-electron chi connectivity index (χ4n) is 2.83. The van der Waals surface area contributed by atoms with Gasteiger partial charge in [-0.15, -0.1) is 0 Å². The Hall–Kier alpha value is -4.81. The molecule has 0 aliphatic carbocycles. The molecule has 2 aromatic carbocycles. The lowest BCUT2D eigenvalue weighted by molar-refractivity contribution is -0.385. The zero-order valence-electron chi connectivity index (χ0n) is 17.8. The topological polar surface area (TPSA) is 167 Å². The van der Waals surface area contributed by atoms with Crippen LogP contribution in [0.1, 0.15) is 11.3 Å². The van der Waals surface area contributed by atoms with Crippen LogP contribution in [0.25, 0.3) is 0 Å². The molecule has 1 aromatic heterocycles. The monoisotopic (exact) mass is 453 g/mol. The molecule has 0 unspecified atom stereocenters. The molecule has 0 aliphatic heterocycles. The van der Waals surface area contributed by atoms with Gasteiger partial charge in [0, 0.05) is 17.3 Å². The van der Waals surface area contributed by atoms with E-state index in [4.69, 9.17) is 9.47 Å². The summed E-state index contributed by atoms with van der Waals surface area (Å²) in [6.45, 7) is 1.47. The number of hydrogen-bond donors (Lipinski definition) is 2. The van der Waals surface area contributed by atoms with Gasteiger partial charge in [0.25, 0.3) is 0 Å². The summed E-state index contributed by atoms with van der Waals surface area (Å²) in [6.07, 6.45) is 1.32. The van der Waals surface area contributed by atoms with Crippen LogP contribution in [0.3, 0.4) is 0 Å². The number of aromatic nitrogens is 2. The van der Waals surface area contributed by atoms with Crippen molar-refractivity contribution in [3.8, 4) is 11.5 Å². The van der Waals surface area contributed by atoms with E-state index >= 15 is 0 Å². The fraction of sp³-hybridized carbons (Fsp3) is 0.150. The molecule has 0 aliphatic rings. The van der Waals surface area contributed by atoms with Crippen molar-refractivity contribution in [2.24, 2.45) is 5.10 Å². The number of rotatable bonds is 9. The molecule has 3 rings (SSSR count). The van der Waals surface area contributed by atoms with Gasteiger partial charge < -0.3 is 14.8 Å². The molecule has 0 bridgehead atoms. The zero-order chi connectivity index (χ0) is 24.0. The van der Waals surface area contributed by atoms with E-state index in [2.05, 4.69) is 25.8 Å². The molecule has 0 saturated heterocycles. The van der Waals surface area contributed by atoms with E-state index in [0.29, 0.717) is 17.0 Å². The van der Waals surface area contributed by atoms with Crippen molar-refractivity contribution in [1.82, 2.24) is 9.97 Å². The van der Waals surface area contributed by atoms with E-state index in [1.807, 2.05) is 0 Å². The van der Waals surface area contributed by atoms with Crippen molar-refractivity contribution in [3.63, 3.8) is 0 Å². The summed E-state index contributed by atoms with van der Waals surface area (Å²) in [5.74, 6) is 0.710. The summed E-state index contributed by atoms with van der Waals surface area (Å²) < 4.78 is 10.1. The van der Waals surface area contributed by atoms with Crippen LogP contribution in [0, 0.1) is 27.2 Å². The summed E-state index contributed by atoms with van der Waals surface area (Å²) in [5.41, 5.74) is 3.18. The molecule has 0 saturated carbocycles. The highest BCUT2D eigenvalue weighted by molar-refractivity contribution is 5.82. The fourth-order valence-corrected chi connectivity index (χ4v) is 2.83. The van der Waals surface area contributed by atoms with E-state index < -0.39 is 9.85 Å². The number of nitro benzene ring substituents is 1. The number of hydrazone groups is 1. The minimum Gasteiger partial charge on any atom is -0.497 e. The third-order valence-electron chi connectivity index (χ3n) is 4.37. The lowest BCUT2D eigenvalue weighted by Gasteiger charge is -2.10. The maximum atomic E-state index is 11.5. The Morgan fingerprint density at radius 1 is 1.00 bits per heavy atom. The molecular weight excluding hydrogens is 434 g/mol. The molecule has 170 valence electrons. The van der Waals surface area contributed by atoms with Crippen molar-refractivity contribution in [2.45, 2.75) is 6.92 Å². The number of ether oxygens (including phenoxy) is 2. The molecule has 0 amide bonds. The predicted molar refractivity (Wildman–Crippen MR) is 121 cm³/mol. The van der Waals surface area contributed by atoms with Gasteiger partial charge in [-0.05, 0) is 43.3 Å². The van der Waals surface area contributed by atoms with Gasteiger partial charge >= 0.3 is 11.4 Å². The molecule has 0 atom stereocenters. The summed E-state index contributed by atoms with van der Waals surface area (Å²) >= 11 is 0. The molecule has 3 aromatic rings. The van der Waals surface area contributed by atoms with E-state index in [1.54, 1.807) is 30.3 Å². The maximum Gasteiger partial charge on any atom is 0.332 e. The predicted octanol–water partition coefficient (Wildman–Crippen LogP) is 3.81. The van der Waals surface area contributed by atoms with Gasteiger partial charge in [-0.2, -0.15) is 10.1 Å². The number of hydrogen-bond acceptors (Lipinski definition) is 11. The van der Waals surface area contributed by atoms with Crippen LogP contribution < -0.4 is 20.2 Å². The molecule has 0 spiro atoms. The van der Waals surface area contributed by atoms with Crippen molar-refractivity contribution in [1.29, 1.82) is 0 Å². The number of nitrogens with one attached hydrogen (secondary N) is 2. The first kappa shape index (κ1) is 22.9. The zero-order valence-corrected chi connectivity index (χ0v) is 17.8. The summed E-state index contributed by atoms with van der Waals surface area (Å²) in [4.78, 5) is 29.8. The molecule has 13 nitrogen and oxygen atoms in total. The van der Waals surface area contributed by atoms with Crippen LogP contribution in [0.5, 0.6) is 11.5 Å². The number of benzene rings is 2. The minimum atomic E-state index is -0.579. The van der Waals surface area contributed by atoms with Crippen molar-refractivity contribution < 1.29 is 19.3 Å². The van der Waals surface area contributed by atoms with Crippen LogP contribution in [-0.4, -0.2) is 40.2 Å². The average molecular weight is 453 g/mol. The first-order valence-electron chi connectivity index (χ1n) is 9.38. The highest BCUT2D eigenvalue weighted by Crippen LogP contribution is 2.30. The molecule has 33 heavy (non-hydrogen) atoms. The second-order valence-corrected chi connectivity index (χ2v) is 6.50. The molecule has 2 N–H and O–H groups in total. The Bertz CT molecular complexity index is 1210. The molecule has 1 heterocycles. The van der Waals surface area contributed by atoms with Gasteiger partial charge in [0.05, 0.1) is 30.3 Å². The standard InChI is InChI=1S/C20H19N7O6/c1-12-18(27(30)31)19(23-14-5-7-15(32-2)8-6-14)24-20(22-12)25-21-11-13-4-9-17(33-3)16(10-13)26(28)29/h4-11H,1-3H3,(H2,22,23,24,25)/b21-11-.